The molecule has 1 aliphatic heterocycles. The Hall–Kier alpha value is -3.48. The Morgan fingerprint density at radius 1 is 1.14 bits per heavy atom. The van der Waals surface area contributed by atoms with Gasteiger partial charge in [-0.15, -0.1) is 0 Å². The van der Waals surface area contributed by atoms with E-state index in [1.165, 1.54) is 13.0 Å². The average Bonchev–Trinajstić information content (AvgIpc) is 3.17. The van der Waals surface area contributed by atoms with Crippen LogP contribution in [0.15, 0.2) is 36.4 Å². The summed E-state index contributed by atoms with van der Waals surface area (Å²) < 4.78 is 21.6. The summed E-state index contributed by atoms with van der Waals surface area (Å²) in [4.78, 5) is 24.3. The van der Waals surface area contributed by atoms with Crippen LogP contribution in [0.2, 0.25) is 0 Å². The van der Waals surface area contributed by atoms with Gasteiger partial charge in [0.2, 0.25) is 12.7 Å². The average molecular weight is 397 g/mol. The number of amides is 1. The second-order valence-electron chi connectivity index (χ2n) is 6.39. The lowest BCUT2D eigenvalue weighted by Gasteiger charge is -2.10. The topological polar surface area (TPSA) is 83.1 Å². The molecule has 0 unspecified atom stereocenters. The fourth-order valence-corrected chi connectivity index (χ4v) is 2.80. The van der Waals surface area contributed by atoms with Crippen LogP contribution in [0.5, 0.6) is 23.0 Å². The van der Waals surface area contributed by atoms with E-state index in [2.05, 4.69) is 5.32 Å². The number of rotatable bonds is 8. The third kappa shape index (κ3) is 4.87. The number of anilines is 1. The molecule has 0 fully saturated rings. The number of hydrogen-bond acceptors (Lipinski definition) is 6. The van der Waals surface area contributed by atoms with E-state index in [9.17, 15) is 9.59 Å². The van der Waals surface area contributed by atoms with Crippen LogP contribution in [0.4, 0.5) is 5.69 Å². The number of nitrogens with one attached hydrogen (secondary N) is 1. The molecule has 1 amide bonds. The van der Waals surface area contributed by atoms with Gasteiger partial charge in [-0.05, 0) is 43.2 Å². The Bertz CT molecular complexity index is 951. The molecule has 0 spiro atoms. The van der Waals surface area contributed by atoms with Crippen LogP contribution in [0.1, 0.15) is 36.2 Å². The van der Waals surface area contributed by atoms with Crippen molar-refractivity contribution >= 4 is 23.5 Å². The second-order valence-corrected chi connectivity index (χ2v) is 6.39. The summed E-state index contributed by atoms with van der Waals surface area (Å²) in [5, 5.41) is 2.72. The molecule has 0 radical (unpaired) electrons. The number of fused-ring (bicyclic) bond motifs is 1. The first-order chi connectivity index (χ1) is 14.0. The number of carbonyl (C=O) groups is 2. The lowest BCUT2D eigenvalue weighted by Crippen LogP contribution is -2.11. The number of carbonyl (C=O) groups excluding carboxylic acids is 2. The zero-order chi connectivity index (χ0) is 20.8. The number of methoxy groups -OCH3 is 1. The summed E-state index contributed by atoms with van der Waals surface area (Å²) >= 11 is 0. The molecule has 29 heavy (non-hydrogen) atoms. The molecule has 2 aromatic rings. The molecule has 1 aliphatic rings. The molecule has 0 saturated heterocycles. The molecule has 1 N–H and O–H groups in total. The van der Waals surface area contributed by atoms with Gasteiger partial charge in [-0.25, -0.2) is 0 Å². The molecule has 0 bridgehead atoms. The zero-order valence-corrected chi connectivity index (χ0v) is 16.6. The molecule has 3 rings (SSSR count). The predicted octanol–water partition coefficient (Wildman–Crippen LogP) is 4.07. The van der Waals surface area contributed by atoms with Crippen molar-refractivity contribution in [1.29, 1.82) is 0 Å². The summed E-state index contributed by atoms with van der Waals surface area (Å²) in [6, 6.07) is 8.59. The minimum absolute atomic E-state index is 0.0871. The third-order valence-electron chi connectivity index (χ3n) is 4.23. The summed E-state index contributed by atoms with van der Waals surface area (Å²) in [6.07, 6.45) is 3.94. The zero-order valence-electron chi connectivity index (χ0n) is 16.6. The maximum atomic E-state index is 12.4. The highest BCUT2D eigenvalue weighted by molar-refractivity contribution is 6.08. The lowest BCUT2D eigenvalue weighted by molar-refractivity contribution is -0.111. The Morgan fingerprint density at radius 3 is 2.59 bits per heavy atom. The molecule has 7 nitrogen and oxygen atoms in total. The molecule has 2 aromatic carbocycles. The molecule has 0 aromatic heterocycles. The maximum Gasteiger partial charge on any atom is 0.248 e. The van der Waals surface area contributed by atoms with Crippen molar-refractivity contribution in [2.75, 3.05) is 25.8 Å². The van der Waals surface area contributed by atoms with Crippen molar-refractivity contribution in [2.45, 2.75) is 20.3 Å². The minimum atomic E-state index is -0.378. The smallest absolute Gasteiger partial charge is 0.248 e. The number of benzene rings is 2. The molecule has 0 atom stereocenters. The van der Waals surface area contributed by atoms with E-state index in [0.29, 0.717) is 40.9 Å². The SMILES string of the molecule is CCCOc1ccc(/C=C/C(=O)Nc2cc3c(cc2C(C)=O)OCO3)cc1OC. The predicted molar refractivity (Wildman–Crippen MR) is 109 cm³/mol. The number of ether oxygens (including phenoxy) is 4. The van der Waals surface area contributed by atoms with Crippen LogP contribution in [0.3, 0.4) is 0 Å². The molecule has 1 heterocycles. The van der Waals surface area contributed by atoms with E-state index in [4.69, 9.17) is 18.9 Å². The van der Waals surface area contributed by atoms with Crippen LogP contribution in [-0.4, -0.2) is 32.2 Å². The van der Waals surface area contributed by atoms with Crippen molar-refractivity contribution < 1.29 is 28.5 Å². The van der Waals surface area contributed by atoms with E-state index >= 15 is 0 Å². The Morgan fingerprint density at radius 2 is 1.90 bits per heavy atom. The van der Waals surface area contributed by atoms with Crippen LogP contribution in [0.25, 0.3) is 6.08 Å². The van der Waals surface area contributed by atoms with E-state index < -0.39 is 0 Å². The van der Waals surface area contributed by atoms with Gasteiger partial charge < -0.3 is 24.3 Å². The van der Waals surface area contributed by atoms with E-state index in [1.54, 1.807) is 37.5 Å². The fraction of sp³-hybridized carbons (Fsp3) is 0.273. The Kier molecular flexibility index (Phi) is 6.39. The van der Waals surface area contributed by atoms with Crippen LogP contribution < -0.4 is 24.3 Å². The summed E-state index contributed by atoms with van der Waals surface area (Å²) in [5.74, 6) is 1.66. The van der Waals surface area contributed by atoms with Crippen molar-refractivity contribution in [1.82, 2.24) is 0 Å². The molecule has 0 saturated carbocycles. The van der Waals surface area contributed by atoms with Crippen LogP contribution in [-0.2, 0) is 4.79 Å². The summed E-state index contributed by atoms with van der Waals surface area (Å²) in [6.45, 7) is 4.14. The number of Topliss-reactive ketones (excluding diaryl/α,β-unsaturated/α-hetero) is 1. The first kappa shape index (κ1) is 20.3. The monoisotopic (exact) mass is 397 g/mol. The highest BCUT2D eigenvalue weighted by Gasteiger charge is 2.20. The van der Waals surface area contributed by atoms with Crippen molar-refractivity contribution in [3.05, 3.63) is 47.5 Å². The Labute approximate surface area is 169 Å². The minimum Gasteiger partial charge on any atom is -0.493 e. The lowest BCUT2D eigenvalue weighted by atomic mass is 10.1. The second kappa shape index (κ2) is 9.14. The largest absolute Gasteiger partial charge is 0.493 e. The van der Waals surface area contributed by atoms with Gasteiger partial charge in [-0.3, -0.25) is 9.59 Å². The molecule has 152 valence electrons. The first-order valence-electron chi connectivity index (χ1n) is 9.26. The molecular weight excluding hydrogens is 374 g/mol. The highest BCUT2D eigenvalue weighted by Crippen LogP contribution is 2.37. The first-order valence-corrected chi connectivity index (χ1v) is 9.26. The van der Waals surface area contributed by atoms with E-state index in [1.807, 2.05) is 13.0 Å². The number of hydrogen-bond donors (Lipinski definition) is 1. The van der Waals surface area contributed by atoms with Crippen LogP contribution in [0, 0.1) is 0 Å². The highest BCUT2D eigenvalue weighted by atomic mass is 16.7. The van der Waals surface area contributed by atoms with Gasteiger partial charge in [-0.1, -0.05) is 13.0 Å². The van der Waals surface area contributed by atoms with E-state index in [0.717, 1.165) is 12.0 Å². The number of ketones is 1. The van der Waals surface area contributed by atoms with Gasteiger partial charge in [0, 0.05) is 17.7 Å². The fourth-order valence-electron chi connectivity index (χ4n) is 2.80. The summed E-state index contributed by atoms with van der Waals surface area (Å²) in [5.41, 5.74) is 1.51. The molecule has 7 heteroatoms. The van der Waals surface area contributed by atoms with E-state index in [-0.39, 0.29) is 18.5 Å². The molecular formula is C22H23NO6. The standard InChI is InChI=1S/C22H23NO6/c1-4-9-27-18-7-5-15(10-19(18)26-3)6-8-22(25)23-17-12-21-20(28-13-29-21)11-16(17)14(2)24/h5-8,10-12H,4,9,13H2,1-3H3,(H,23,25)/b8-6+. The third-order valence-corrected chi connectivity index (χ3v) is 4.23. The van der Waals surface area contributed by atoms with Gasteiger partial charge in [0.1, 0.15) is 0 Å². The van der Waals surface area contributed by atoms with Gasteiger partial charge in [0.15, 0.2) is 28.8 Å². The van der Waals surface area contributed by atoms with Gasteiger partial charge in [-0.2, -0.15) is 0 Å². The van der Waals surface area contributed by atoms with Gasteiger partial charge >= 0.3 is 0 Å². The van der Waals surface area contributed by atoms with Gasteiger partial charge in [0.05, 0.1) is 19.4 Å². The molecule has 0 aliphatic carbocycles. The maximum absolute atomic E-state index is 12.4. The Balaban J connectivity index is 1.74. The van der Waals surface area contributed by atoms with Crippen LogP contribution >= 0.6 is 0 Å². The van der Waals surface area contributed by atoms with Crippen molar-refractivity contribution in [3.8, 4) is 23.0 Å². The van der Waals surface area contributed by atoms with Crippen molar-refractivity contribution in [2.24, 2.45) is 0 Å². The quantitative estimate of drug-likeness (QED) is 0.534. The van der Waals surface area contributed by atoms with Crippen molar-refractivity contribution in [3.63, 3.8) is 0 Å². The normalized spacial score (nSPS) is 12.1. The summed E-state index contributed by atoms with van der Waals surface area (Å²) in [7, 11) is 1.57. The van der Waals surface area contributed by atoms with Gasteiger partial charge in [0.25, 0.3) is 0 Å².